The minimum atomic E-state index is -4.63. The molecular formula is C23H25F4N5O2S. The summed E-state index contributed by atoms with van der Waals surface area (Å²) in [6, 6.07) is 5.50. The summed E-state index contributed by atoms with van der Waals surface area (Å²) < 4.78 is 51.5. The average Bonchev–Trinajstić information content (AvgIpc) is 3.12. The van der Waals surface area contributed by atoms with Crippen LogP contribution in [0.25, 0.3) is 6.08 Å². The number of carbonyl (C=O) groups is 2. The SMILES string of the molecule is Fc1c(CCNC2CCCCC2)cccc1C(F)(F)F.Nc1nccc(/C=C2\SC(=O)NC2=O)n1. The normalized spacial score (nSPS) is 17.8. The second-order valence-electron chi connectivity index (χ2n) is 8.01. The Balaban J connectivity index is 0.000000203. The largest absolute Gasteiger partial charge is 0.419 e. The van der Waals surface area contributed by atoms with Gasteiger partial charge in [-0.25, -0.2) is 14.4 Å². The molecule has 0 spiro atoms. The molecule has 2 aliphatic rings. The number of halogens is 4. The van der Waals surface area contributed by atoms with Gasteiger partial charge in [0, 0.05) is 12.2 Å². The number of hydrogen-bond acceptors (Lipinski definition) is 7. The van der Waals surface area contributed by atoms with Crippen LogP contribution < -0.4 is 16.4 Å². The van der Waals surface area contributed by atoms with E-state index in [1.54, 1.807) is 6.07 Å². The van der Waals surface area contributed by atoms with E-state index in [1.807, 2.05) is 0 Å². The zero-order valence-electron chi connectivity index (χ0n) is 18.7. The van der Waals surface area contributed by atoms with Gasteiger partial charge < -0.3 is 11.1 Å². The fraction of sp³-hybridized carbons (Fsp3) is 0.391. The minimum Gasteiger partial charge on any atom is -0.368 e. The van der Waals surface area contributed by atoms with Gasteiger partial charge in [-0.1, -0.05) is 31.4 Å². The first-order valence-electron chi connectivity index (χ1n) is 11.0. The van der Waals surface area contributed by atoms with E-state index in [2.05, 4.69) is 20.6 Å². The van der Waals surface area contributed by atoms with Gasteiger partial charge in [-0.3, -0.25) is 14.9 Å². The van der Waals surface area contributed by atoms with Gasteiger partial charge in [0.15, 0.2) is 0 Å². The van der Waals surface area contributed by atoms with Crippen molar-refractivity contribution in [1.82, 2.24) is 20.6 Å². The lowest BCUT2D eigenvalue weighted by Crippen LogP contribution is -2.32. The van der Waals surface area contributed by atoms with Gasteiger partial charge in [-0.05, 0) is 61.3 Å². The van der Waals surface area contributed by atoms with Crippen molar-refractivity contribution in [2.75, 3.05) is 12.3 Å². The number of imide groups is 1. The first kappa shape index (κ1) is 26.6. The standard InChI is InChI=1S/C15H19F4N.C8H6N4O2S/c16-14-11(5-4-8-13(14)15(17,18)19)9-10-20-12-6-2-1-3-7-12;9-7-10-2-1-4(11-7)3-5-6(13)12-8(14)15-5/h4-5,8,12,20H,1-3,6-7,9-10H2;1-3H,(H2,9,10,11)(H,12,13,14)/b;5-3-. The summed E-state index contributed by atoms with van der Waals surface area (Å²) in [6.07, 6.45) is 4.46. The Labute approximate surface area is 204 Å². The Bertz CT molecular complexity index is 1090. The number of nitrogen functional groups attached to an aromatic ring is 1. The molecule has 1 saturated carbocycles. The Morgan fingerprint density at radius 1 is 1.17 bits per heavy atom. The summed E-state index contributed by atoms with van der Waals surface area (Å²) in [7, 11) is 0. The fourth-order valence-electron chi connectivity index (χ4n) is 3.73. The van der Waals surface area contributed by atoms with Crippen molar-refractivity contribution < 1.29 is 27.2 Å². The maximum atomic E-state index is 13.8. The maximum absolute atomic E-state index is 13.8. The molecule has 2 aromatic rings. The number of benzene rings is 1. The van der Waals surface area contributed by atoms with E-state index in [-0.39, 0.29) is 23.2 Å². The summed E-state index contributed by atoms with van der Waals surface area (Å²) in [6.45, 7) is 0.517. The molecule has 4 rings (SSSR count). The van der Waals surface area contributed by atoms with Crippen LogP contribution in [0.3, 0.4) is 0 Å². The Morgan fingerprint density at radius 2 is 1.91 bits per heavy atom. The Morgan fingerprint density at radius 3 is 2.54 bits per heavy atom. The summed E-state index contributed by atoms with van der Waals surface area (Å²) in [5.41, 5.74) is 4.82. The number of thioether (sulfide) groups is 1. The molecule has 7 nitrogen and oxygen atoms in total. The summed E-state index contributed by atoms with van der Waals surface area (Å²) in [4.78, 5) is 29.9. The quantitative estimate of drug-likeness (QED) is 0.395. The second kappa shape index (κ2) is 12.1. The minimum absolute atomic E-state index is 0.124. The van der Waals surface area contributed by atoms with Crippen LogP contribution in [0.4, 0.5) is 28.3 Å². The smallest absolute Gasteiger partial charge is 0.368 e. The molecule has 1 aliphatic carbocycles. The van der Waals surface area contributed by atoms with E-state index < -0.39 is 23.5 Å². The van der Waals surface area contributed by atoms with E-state index in [4.69, 9.17) is 5.73 Å². The highest BCUT2D eigenvalue weighted by Gasteiger charge is 2.34. The number of nitrogens with zero attached hydrogens (tertiary/aromatic N) is 2. The van der Waals surface area contributed by atoms with Gasteiger partial charge in [-0.15, -0.1) is 0 Å². The third kappa shape index (κ3) is 8.03. The highest BCUT2D eigenvalue weighted by atomic mass is 32.2. The molecule has 2 amide bonds. The molecule has 1 aliphatic heterocycles. The van der Waals surface area contributed by atoms with Crippen molar-refractivity contribution >= 4 is 34.9 Å². The molecule has 188 valence electrons. The lowest BCUT2D eigenvalue weighted by Gasteiger charge is -2.23. The molecule has 1 aromatic heterocycles. The van der Waals surface area contributed by atoms with Gasteiger partial charge in [0.25, 0.3) is 11.1 Å². The number of nitrogens with one attached hydrogen (secondary N) is 2. The number of hydrogen-bond donors (Lipinski definition) is 3. The molecule has 2 fully saturated rings. The Kier molecular flexibility index (Phi) is 9.21. The highest BCUT2D eigenvalue weighted by Crippen LogP contribution is 2.32. The zero-order chi connectivity index (χ0) is 25.4. The molecule has 0 bridgehead atoms. The first-order chi connectivity index (χ1) is 16.6. The van der Waals surface area contributed by atoms with Crippen molar-refractivity contribution in [3.63, 3.8) is 0 Å². The molecule has 0 atom stereocenters. The number of rotatable bonds is 5. The third-order valence-electron chi connectivity index (χ3n) is 5.43. The van der Waals surface area contributed by atoms with Gasteiger partial charge >= 0.3 is 6.18 Å². The van der Waals surface area contributed by atoms with Crippen molar-refractivity contribution in [3.05, 3.63) is 58.0 Å². The predicted octanol–water partition coefficient (Wildman–Crippen LogP) is 4.69. The van der Waals surface area contributed by atoms with Crippen LogP contribution in [0.2, 0.25) is 0 Å². The van der Waals surface area contributed by atoms with Crippen molar-refractivity contribution in [2.45, 2.75) is 50.7 Å². The van der Waals surface area contributed by atoms with E-state index in [0.717, 1.165) is 30.7 Å². The van der Waals surface area contributed by atoms with E-state index in [0.29, 0.717) is 23.2 Å². The van der Waals surface area contributed by atoms with Crippen molar-refractivity contribution in [1.29, 1.82) is 0 Å². The van der Waals surface area contributed by atoms with Crippen LogP contribution in [0.1, 0.15) is 48.9 Å². The summed E-state index contributed by atoms with van der Waals surface area (Å²) >= 11 is 0.835. The van der Waals surface area contributed by atoms with E-state index in [1.165, 1.54) is 43.7 Å². The number of aromatic nitrogens is 2. The predicted molar refractivity (Wildman–Crippen MR) is 126 cm³/mol. The molecule has 2 heterocycles. The summed E-state index contributed by atoms with van der Waals surface area (Å²) in [5.74, 6) is -1.42. The average molecular weight is 512 g/mol. The van der Waals surface area contributed by atoms with Gasteiger partial charge in [0.2, 0.25) is 5.95 Å². The monoisotopic (exact) mass is 511 g/mol. The second-order valence-corrected chi connectivity index (χ2v) is 9.02. The van der Waals surface area contributed by atoms with Crippen molar-refractivity contribution in [3.8, 4) is 0 Å². The van der Waals surface area contributed by atoms with E-state index >= 15 is 0 Å². The summed E-state index contributed by atoms with van der Waals surface area (Å²) in [5, 5.41) is 5.07. The zero-order valence-corrected chi connectivity index (χ0v) is 19.5. The fourth-order valence-corrected chi connectivity index (χ4v) is 4.40. The number of alkyl halides is 3. The van der Waals surface area contributed by atoms with E-state index in [9.17, 15) is 27.2 Å². The van der Waals surface area contributed by atoms with Crippen LogP contribution in [-0.4, -0.2) is 33.7 Å². The molecule has 1 aromatic carbocycles. The number of carbonyl (C=O) groups excluding carboxylic acids is 2. The van der Waals surface area contributed by atoms with Crippen LogP contribution in [-0.2, 0) is 17.4 Å². The molecule has 4 N–H and O–H groups in total. The molecule has 35 heavy (non-hydrogen) atoms. The maximum Gasteiger partial charge on any atom is 0.419 e. The molecule has 1 saturated heterocycles. The van der Waals surface area contributed by atoms with Gasteiger partial charge in [0.05, 0.1) is 16.2 Å². The lowest BCUT2D eigenvalue weighted by molar-refractivity contribution is -0.140. The molecular weight excluding hydrogens is 486 g/mol. The number of nitrogens with two attached hydrogens (primary N) is 1. The van der Waals surface area contributed by atoms with Crippen LogP contribution in [0.5, 0.6) is 0 Å². The van der Waals surface area contributed by atoms with Gasteiger partial charge in [0.1, 0.15) is 5.82 Å². The highest BCUT2D eigenvalue weighted by molar-refractivity contribution is 8.18. The van der Waals surface area contributed by atoms with Gasteiger partial charge in [-0.2, -0.15) is 13.2 Å². The topological polar surface area (TPSA) is 110 Å². The lowest BCUT2D eigenvalue weighted by atomic mass is 9.95. The van der Waals surface area contributed by atoms with Crippen LogP contribution in [0, 0.1) is 5.82 Å². The molecule has 0 radical (unpaired) electrons. The Hall–Kier alpha value is -2.99. The third-order valence-corrected chi connectivity index (χ3v) is 6.24. The molecule has 0 unspecified atom stereocenters. The number of amides is 2. The first-order valence-corrected chi connectivity index (χ1v) is 11.9. The number of anilines is 1. The van der Waals surface area contributed by atoms with Crippen LogP contribution >= 0.6 is 11.8 Å². The van der Waals surface area contributed by atoms with Crippen molar-refractivity contribution in [2.24, 2.45) is 0 Å². The molecule has 12 heteroatoms. The van der Waals surface area contributed by atoms with Crippen LogP contribution in [0.15, 0.2) is 35.4 Å².